The Balaban J connectivity index is 3.31. The second-order valence-corrected chi connectivity index (χ2v) is 3.82. The Morgan fingerprint density at radius 3 is 2.79 bits per heavy atom. The van der Waals surface area contributed by atoms with Crippen LogP contribution in [0.2, 0.25) is 0 Å². The summed E-state index contributed by atoms with van der Waals surface area (Å²) in [5, 5.41) is 8.80. The predicted molar refractivity (Wildman–Crippen MR) is 63.8 cm³/mol. The zero-order chi connectivity index (χ0) is 14.4. The van der Waals surface area contributed by atoms with E-state index < -0.39 is 23.7 Å². The van der Waals surface area contributed by atoms with Gasteiger partial charge in [-0.3, -0.25) is 4.79 Å². The van der Waals surface area contributed by atoms with E-state index in [9.17, 15) is 13.6 Å². The summed E-state index contributed by atoms with van der Waals surface area (Å²) < 4.78 is 30.8. The molecule has 19 heavy (non-hydrogen) atoms. The molecule has 0 aliphatic carbocycles. The molecule has 0 fully saturated rings. The lowest BCUT2D eigenvalue weighted by atomic mass is 9.99. The molecule has 1 aromatic heterocycles. The molecule has 7 heteroatoms. The second-order valence-electron chi connectivity index (χ2n) is 3.55. The summed E-state index contributed by atoms with van der Waals surface area (Å²) in [5.74, 6) is -0.724. The largest absolute Gasteiger partial charge is 0.466 e. The number of aromatic nitrogens is 1. The molecule has 0 radical (unpaired) electrons. The number of hydrogen-bond donors (Lipinski definition) is 0. The second kappa shape index (κ2) is 7.00. The van der Waals surface area contributed by atoms with E-state index >= 15 is 0 Å². The van der Waals surface area contributed by atoms with Gasteiger partial charge in [0.25, 0.3) is 6.43 Å². The molecule has 0 unspecified atom stereocenters. The Morgan fingerprint density at radius 2 is 2.32 bits per heavy atom. The van der Waals surface area contributed by atoms with Crippen molar-refractivity contribution in [2.75, 3.05) is 6.61 Å². The molecule has 0 aliphatic heterocycles. The average Bonchev–Trinajstić information content (AvgIpc) is 2.37. The number of rotatable bonds is 5. The first-order chi connectivity index (χ1) is 9.04. The van der Waals surface area contributed by atoms with E-state index in [1.54, 1.807) is 13.0 Å². The number of ether oxygens (including phenoxy) is 1. The lowest BCUT2D eigenvalue weighted by molar-refractivity contribution is -0.142. The van der Waals surface area contributed by atoms with E-state index in [1.165, 1.54) is 6.20 Å². The molecule has 102 valence electrons. The highest BCUT2D eigenvalue weighted by Gasteiger charge is 2.24. The van der Waals surface area contributed by atoms with Crippen molar-refractivity contribution in [1.82, 2.24) is 4.98 Å². The van der Waals surface area contributed by atoms with Crippen LogP contribution in [-0.4, -0.2) is 17.6 Å². The van der Waals surface area contributed by atoms with Gasteiger partial charge in [-0.2, -0.15) is 5.26 Å². The van der Waals surface area contributed by atoms with Gasteiger partial charge in [0, 0.05) is 12.1 Å². The highest BCUT2D eigenvalue weighted by Crippen LogP contribution is 2.29. The Morgan fingerprint density at radius 1 is 1.63 bits per heavy atom. The third kappa shape index (κ3) is 3.61. The highest BCUT2D eigenvalue weighted by atomic mass is 35.5. The lowest BCUT2D eigenvalue weighted by Gasteiger charge is -2.13. The molecule has 0 aliphatic rings. The van der Waals surface area contributed by atoms with E-state index in [2.05, 4.69) is 4.98 Å². The average molecular weight is 289 g/mol. The molecule has 0 aromatic carbocycles. The number of hydrogen-bond acceptors (Lipinski definition) is 4. The number of carbonyl (C=O) groups is 1. The standard InChI is InChI=1S/C12H11ClF2N2O2/c1-2-19-10(18)3-8-7(4-13)6-17-9(5-16)11(8)12(14)15/h6,12H,2-4H2,1H3. The Bertz CT molecular complexity index is 515. The zero-order valence-electron chi connectivity index (χ0n) is 10.1. The minimum absolute atomic E-state index is 0.0231. The Kier molecular flexibility index (Phi) is 5.64. The van der Waals surface area contributed by atoms with Gasteiger partial charge in [0.1, 0.15) is 11.8 Å². The van der Waals surface area contributed by atoms with Gasteiger partial charge >= 0.3 is 5.97 Å². The third-order valence-corrected chi connectivity index (χ3v) is 2.70. The van der Waals surface area contributed by atoms with Gasteiger partial charge < -0.3 is 4.74 Å². The predicted octanol–water partition coefficient (Wildman–Crippen LogP) is 2.74. The number of nitriles is 1. The maximum atomic E-state index is 13.0. The van der Waals surface area contributed by atoms with Crippen molar-refractivity contribution in [2.45, 2.75) is 25.7 Å². The number of esters is 1. The quantitative estimate of drug-likeness (QED) is 0.617. The van der Waals surface area contributed by atoms with E-state index in [0.29, 0.717) is 5.56 Å². The molecule has 0 amide bonds. The third-order valence-electron chi connectivity index (χ3n) is 2.41. The van der Waals surface area contributed by atoms with Crippen LogP contribution in [0.5, 0.6) is 0 Å². The van der Waals surface area contributed by atoms with Crippen molar-refractivity contribution in [1.29, 1.82) is 5.26 Å². The number of pyridine rings is 1. The molecular weight excluding hydrogens is 278 g/mol. The van der Waals surface area contributed by atoms with Gasteiger partial charge in [0.05, 0.1) is 18.6 Å². The van der Waals surface area contributed by atoms with Crippen LogP contribution in [0.25, 0.3) is 0 Å². The topological polar surface area (TPSA) is 63.0 Å². The molecule has 1 rings (SSSR count). The van der Waals surface area contributed by atoms with Crippen molar-refractivity contribution in [2.24, 2.45) is 0 Å². The van der Waals surface area contributed by atoms with Crippen molar-refractivity contribution >= 4 is 17.6 Å². The molecule has 0 N–H and O–H groups in total. The molecule has 0 bridgehead atoms. The summed E-state index contributed by atoms with van der Waals surface area (Å²) in [6, 6.07) is 1.59. The van der Waals surface area contributed by atoms with Crippen LogP contribution in [0.3, 0.4) is 0 Å². The monoisotopic (exact) mass is 288 g/mol. The number of nitrogens with zero attached hydrogens (tertiary/aromatic N) is 2. The fourth-order valence-electron chi connectivity index (χ4n) is 1.61. The van der Waals surface area contributed by atoms with Gasteiger partial charge in [-0.25, -0.2) is 13.8 Å². The van der Waals surface area contributed by atoms with Crippen LogP contribution in [0.4, 0.5) is 8.78 Å². The number of alkyl halides is 3. The maximum Gasteiger partial charge on any atom is 0.310 e. The maximum absolute atomic E-state index is 13.0. The van der Waals surface area contributed by atoms with Crippen LogP contribution in [0, 0.1) is 11.3 Å². The molecule has 0 saturated heterocycles. The first-order valence-corrected chi connectivity index (χ1v) is 5.99. The van der Waals surface area contributed by atoms with Crippen LogP contribution >= 0.6 is 11.6 Å². The molecule has 0 saturated carbocycles. The van der Waals surface area contributed by atoms with E-state index in [4.69, 9.17) is 21.6 Å². The molecule has 1 heterocycles. The highest BCUT2D eigenvalue weighted by molar-refractivity contribution is 6.17. The number of carbonyl (C=O) groups excluding carboxylic acids is 1. The fraction of sp³-hybridized carbons (Fsp3) is 0.417. The van der Waals surface area contributed by atoms with Crippen molar-refractivity contribution in [3.63, 3.8) is 0 Å². The fourth-order valence-corrected chi connectivity index (χ4v) is 1.84. The summed E-state index contributed by atoms with van der Waals surface area (Å²) >= 11 is 5.64. The molecule has 0 spiro atoms. The van der Waals surface area contributed by atoms with E-state index in [-0.39, 0.29) is 24.5 Å². The molecular formula is C12H11ClF2N2O2. The first-order valence-electron chi connectivity index (χ1n) is 5.45. The van der Waals surface area contributed by atoms with E-state index in [0.717, 1.165) is 0 Å². The smallest absolute Gasteiger partial charge is 0.310 e. The molecule has 1 aromatic rings. The van der Waals surface area contributed by atoms with Crippen molar-refractivity contribution < 1.29 is 18.3 Å². The van der Waals surface area contributed by atoms with Crippen LogP contribution in [0.15, 0.2) is 6.20 Å². The first kappa shape index (κ1) is 15.3. The zero-order valence-corrected chi connectivity index (χ0v) is 10.9. The lowest BCUT2D eigenvalue weighted by Crippen LogP contribution is -2.13. The van der Waals surface area contributed by atoms with Crippen LogP contribution < -0.4 is 0 Å². The Labute approximate surface area is 114 Å². The van der Waals surface area contributed by atoms with Crippen LogP contribution in [0.1, 0.15) is 35.7 Å². The van der Waals surface area contributed by atoms with Crippen LogP contribution in [-0.2, 0) is 21.8 Å². The van der Waals surface area contributed by atoms with E-state index in [1.807, 2.05) is 0 Å². The van der Waals surface area contributed by atoms with Crippen molar-refractivity contribution in [3.05, 3.63) is 28.6 Å². The van der Waals surface area contributed by atoms with Crippen molar-refractivity contribution in [3.8, 4) is 6.07 Å². The summed E-state index contributed by atoms with van der Waals surface area (Å²) in [7, 11) is 0. The van der Waals surface area contributed by atoms with Gasteiger partial charge in [0.15, 0.2) is 0 Å². The summed E-state index contributed by atoms with van der Waals surface area (Å²) in [5.41, 5.74) is -0.629. The normalized spacial score (nSPS) is 10.3. The Hall–Kier alpha value is -1.74. The summed E-state index contributed by atoms with van der Waals surface area (Å²) in [6.45, 7) is 1.76. The minimum atomic E-state index is -2.91. The van der Waals surface area contributed by atoms with Gasteiger partial charge in [0.2, 0.25) is 0 Å². The summed E-state index contributed by atoms with van der Waals surface area (Å²) in [4.78, 5) is 15.1. The van der Waals surface area contributed by atoms with Gasteiger partial charge in [-0.05, 0) is 18.1 Å². The van der Waals surface area contributed by atoms with Gasteiger partial charge in [-0.1, -0.05) is 0 Å². The molecule has 4 nitrogen and oxygen atoms in total. The van der Waals surface area contributed by atoms with Gasteiger partial charge in [-0.15, -0.1) is 11.6 Å². The SMILES string of the molecule is CCOC(=O)Cc1c(CCl)cnc(C#N)c1C(F)F. The molecule has 0 atom stereocenters. The minimum Gasteiger partial charge on any atom is -0.466 e. The number of halogens is 3. The summed E-state index contributed by atoms with van der Waals surface area (Å²) in [6.07, 6.45) is -2.03.